The molecule has 1 fully saturated rings. The van der Waals surface area contributed by atoms with E-state index in [4.69, 9.17) is 4.42 Å². The number of methoxy groups -OCH3 is 1. The Morgan fingerprint density at radius 3 is 2.87 bits per heavy atom. The lowest BCUT2D eigenvalue weighted by Crippen LogP contribution is -2.32. The molecule has 23 heavy (non-hydrogen) atoms. The van der Waals surface area contributed by atoms with Gasteiger partial charge in [-0.1, -0.05) is 0 Å². The second kappa shape index (κ2) is 6.13. The van der Waals surface area contributed by atoms with Crippen molar-refractivity contribution in [2.24, 2.45) is 0 Å². The maximum absolute atomic E-state index is 12.8. The summed E-state index contributed by atoms with van der Waals surface area (Å²) in [6, 6.07) is 4.55. The van der Waals surface area contributed by atoms with Crippen molar-refractivity contribution in [2.45, 2.75) is 30.3 Å². The molecule has 1 aliphatic carbocycles. The molecular weight excluding hydrogens is 320 g/mol. The first-order chi connectivity index (χ1) is 11.0. The van der Waals surface area contributed by atoms with E-state index in [2.05, 4.69) is 9.72 Å². The van der Waals surface area contributed by atoms with Gasteiger partial charge in [-0.25, -0.2) is 13.2 Å². The largest absolute Gasteiger partial charge is 0.467 e. The molecule has 0 N–H and O–H groups in total. The standard InChI is InChI=1S/C15H16N2O5S/c1-21-15(18)11-7-13(22-10-11)9-17(12-4-5-12)23(19,20)14-3-2-6-16-8-14/h2-3,6-8,10,12H,4-5,9H2,1H3. The lowest BCUT2D eigenvalue weighted by atomic mass is 10.3. The number of hydrogen-bond acceptors (Lipinski definition) is 6. The lowest BCUT2D eigenvalue weighted by Gasteiger charge is -2.20. The molecular formula is C15H16N2O5S. The molecule has 0 radical (unpaired) electrons. The van der Waals surface area contributed by atoms with Gasteiger partial charge in [0.25, 0.3) is 0 Å². The van der Waals surface area contributed by atoms with E-state index >= 15 is 0 Å². The zero-order chi connectivity index (χ0) is 16.4. The zero-order valence-electron chi connectivity index (χ0n) is 12.5. The number of rotatable bonds is 6. The van der Waals surface area contributed by atoms with Crippen LogP contribution < -0.4 is 0 Å². The number of hydrogen-bond donors (Lipinski definition) is 0. The highest BCUT2D eigenvalue weighted by molar-refractivity contribution is 7.89. The van der Waals surface area contributed by atoms with Crippen LogP contribution in [0.4, 0.5) is 0 Å². The molecule has 0 amide bonds. The molecule has 0 spiro atoms. The van der Waals surface area contributed by atoms with Gasteiger partial charge in [-0.15, -0.1) is 0 Å². The molecule has 1 saturated carbocycles. The minimum Gasteiger partial charge on any atom is -0.467 e. The Morgan fingerprint density at radius 1 is 1.48 bits per heavy atom. The van der Waals surface area contributed by atoms with Gasteiger partial charge in [0.2, 0.25) is 10.0 Å². The second-order valence-corrected chi connectivity index (χ2v) is 7.15. The lowest BCUT2D eigenvalue weighted by molar-refractivity contribution is 0.0600. The van der Waals surface area contributed by atoms with E-state index in [0.29, 0.717) is 5.76 Å². The summed E-state index contributed by atoms with van der Waals surface area (Å²) in [4.78, 5) is 15.5. The Hall–Kier alpha value is -2.19. The van der Waals surface area contributed by atoms with Crippen molar-refractivity contribution in [1.82, 2.24) is 9.29 Å². The fraction of sp³-hybridized carbons (Fsp3) is 0.333. The average molecular weight is 336 g/mol. The molecule has 0 aromatic carbocycles. The summed E-state index contributed by atoms with van der Waals surface area (Å²) in [5.74, 6) is -0.127. The number of carbonyl (C=O) groups is 1. The van der Waals surface area contributed by atoms with Gasteiger partial charge in [-0.2, -0.15) is 4.31 Å². The van der Waals surface area contributed by atoms with Crippen molar-refractivity contribution in [3.05, 3.63) is 48.2 Å². The summed E-state index contributed by atoms with van der Waals surface area (Å²) in [5.41, 5.74) is 0.261. The third kappa shape index (κ3) is 3.27. The summed E-state index contributed by atoms with van der Waals surface area (Å²) in [5, 5.41) is 0. The van der Waals surface area contributed by atoms with E-state index < -0.39 is 16.0 Å². The minimum atomic E-state index is -3.66. The number of carbonyl (C=O) groups excluding carboxylic acids is 1. The van der Waals surface area contributed by atoms with Crippen molar-refractivity contribution in [2.75, 3.05) is 7.11 Å². The fourth-order valence-corrected chi connectivity index (χ4v) is 3.87. The summed E-state index contributed by atoms with van der Waals surface area (Å²) < 4.78 is 36.8. The minimum absolute atomic E-state index is 0.0492. The third-order valence-electron chi connectivity index (χ3n) is 3.58. The number of esters is 1. The molecule has 122 valence electrons. The van der Waals surface area contributed by atoms with Gasteiger partial charge in [-0.05, 0) is 31.0 Å². The van der Waals surface area contributed by atoms with Crippen LogP contribution in [0, 0.1) is 0 Å². The van der Waals surface area contributed by atoms with Crippen LogP contribution in [0.15, 0.2) is 46.2 Å². The molecule has 2 aromatic rings. The smallest absolute Gasteiger partial charge is 0.341 e. The zero-order valence-corrected chi connectivity index (χ0v) is 13.3. The van der Waals surface area contributed by atoms with Gasteiger partial charge < -0.3 is 9.15 Å². The van der Waals surface area contributed by atoms with Crippen LogP contribution in [0.5, 0.6) is 0 Å². The first kappa shape index (κ1) is 15.7. The topological polar surface area (TPSA) is 89.7 Å². The maximum Gasteiger partial charge on any atom is 0.341 e. The van der Waals surface area contributed by atoms with Crippen molar-refractivity contribution in [1.29, 1.82) is 0 Å². The molecule has 0 atom stereocenters. The highest BCUT2D eigenvalue weighted by Gasteiger charge is 2.38. The fourth-order valence-electron chi connectivity index (χ4n) is 2.25. The van der Waals surface area contributed by atoms with E-state index in [0.717, 1.165) is 12.8 Å². The molecule has 0 bridgehead atoms. The molecule has 2 aromatic heterocycles. The molecule has 7 nitrogen and oxygen atoms in total. The monoisotopic (exact) mass is 336 g/mol. The number of furan rings is 1. The van der Waals surface area contributed by atoms with Gasteiger partial charge >= 0.3 is 5.97 Å². The maximum atomic E-state index is 12.8. The highest BCUT2D eigenvalue weighted by Crippen LogP contribution is 2.33. The Kier molecular flexibility index (Phi) is 4.18. The Balaban J connectivity index is 1.86. The van der Waals surface area contributed by atoms with Gasteiger partial charge in [0, 0.05) is 18.4 Å². The molecule has 1 aliphatic rings. The van der Waals surface area contributed by atoms with Crippen LogP contribution in [0.2, 0.25) is 0 Å². The third-order valence-corrected chi connectivity index (χ3v) is 5.46. The van der Waals surface area contributed by atoms with Gasteiger partial charge in [0.15, 0.2) is 0 Å². The predicted molar refractivity (Wildman–Crippen MR) is 80.0 cm³/mol. The Morgan fingerprint density at radius 2 is 2.26 bits per heavy atom. The van der Waals surface area contributed by atoms with Crippen LogP contribution in [0.25, 0.3) is 0 Å². The normalized spacial score (nSPS) is 14.9. The van der Waals surface area contributed by atoms with Crippen molar-refractivity contribution >= 4 is 16.0 Å². The van der Waals surface area contributed by atoms with Crippen LogP contribution in [0.3, 0.4) is 0 Å². The van der Waals surface area contributed by atoms with E-state index in [1.165, 1.54) is 42.2 Å². The van der Waals surface area contributed by atoms with Gasteiger partial charge in [-0.3, -0.25) is 4.98 Å². The molecule has 8 heteroatoms. The second-order valence-electron chi connectivity index (χ2n) is 5.26. The Labute approximate surface area is 133 Å². The summed E-state index contributed by atoms with van der Waals surface area (Å²) in [6.07, 6.45) is 5.74. The number of ether oxygens (including phenoxy) is 1. The number of pyridine rings is 1. The van der Waals surface area contributed by atoms with E-state index in [1.54, 1.807) is 6.07 Å². The SMILES string of the molecule is COC(=O)c1coc(CN(C2CC2)S(=O)(=O)c2cccnc2)c1. The van der Waals surface area contributed by atoms with Gasteiger partial charge in [0.05, 0.1) is 19.2 Å². The molecule has 0 aliphatic heterocycles. The van der Waals surface area contributed by atoms with Crippen molar-refractivity contribution in [3.63, 3.8) is 0 Å². The van der Waals surface area contributed by atoms with Crippen LogP contribution in [-0.2, 0) is 21.3 Å². The first-order valence-electron chi connectivity index (χ1n) is 7.10. The number of aromatic nitrogens is 1. The quantitative estimate of drug-likeness (QED) is 0.748. The number of nitrogens with zero attached hydrogens (tertiary/aromatic N) is 2. The van der Waals surface area contributed by atoms with Crippen molar-refractivity contribution < 1.29 is 22.4 Å². The highest BCUT2D eigenvalue weighted by atomic mass is 32.2. The van der Waals surface area contributed by atoms with E-state index in [-0.39, 0.29) is 23.0 Å². The molecule has 0 saturated heterocycles. The summed E-state index contributed by atoms with van der Waals surface area (Å²) in [6.45, 7) is 0.0683. The van der Waals surface area contributed by atoms with Crippen LogP contribution in [-0.4, -0.2) is 36.8 Å². The van der Waals surface area contributed by atoms with Crippen LogP contribution >= 0.6 is 0 Å². The average Bonchev–Trinajstić information content (AvgIpc) is 3.30. The van der Waals surface area contributed by atoms with Crippen molar-refractivity contribution in [3.8, 4) is 0 Å². The van der Waals surface area contributed by atoms with Crippen LogP contribution in [0.1, 0.15) is 29.0 Å². The van der Waals surface area contributed by atoms with E-state index in [9.17, 15) is 13.2 Å². The molecule has 3 rings (SSSR count). The summed E-state index contributed by atoms with van der Waals surface area (Å²) >= 11 is 0. The van der Waals surface area contributed by atoms with Gasteiger partial charge in [0.1, 0.15) is 16.9 Å². The number of sulfonamides is 1. The van der Waals surface area contributed by atoms with E-state index in [1.807, 2.05) is 0 Å². The first-order valence-corrected chi connectivity index (χ1v) is 8.54. The Bertz CT molecular complexity index is 796. The predicted octanol–water partition coefficient (Wildman–Crippen LogP) is 1.81. The molecule has 2 heterocycles. The molecule has 0 unspecified atom stereocenters. The summed E-state index contributed by atoms with van der Waals surface area (Å²) in [7, 11) is -2.38.